The summed E-state index contributed by atoms with van der Waals surface area (Å²) in [5, 5.41) is 18.4. The third-order valence-electron chi connectivity index (χ3n) is 17.1. The van der Waals surface area contributed by atoms with Crippen molar-refractivity contribution >= 4 is 35.2 Å². The second kappa shape index (κ2) is 56.5. The largest absolute Gasteiger partial charge is 0.508 e. The number of nitrogens with two attached hydrogens (primary N) is 4. The van der Waals surface area contributed by atoms with Gasteiger partial charge in [0.25, 0.3) is 11.8 Å². The molecule has 682 valence electrons. The van der Waals surface area contributed by atoms with Gasteiger partial charge in [-0.05, 0) is 280 Å². The van der Waals surface area contributed by atoms with Gasteiger partial charge in [-0.25, -0.2) is 39.5 Å². The lowest BCUT2D eigenvalue weighted by Crippen LogP contribution is -2.22. The van der Waals surface area contributed by atoms with E-state index in [-0.39, 0.29) is 70.3 Å². The topological polar surface area (TPSA) is 278 Å². The zero-order chi connectivity index (χ0) is 94.9. The molecule has 10 N–H and O–H groups in total. The molecule has 12 aromatic carbocycles. The number of carbonyl (C=O) groups is 2. The maximum atomic E-state index is 13.1. The van der Waals surface area contributed by atoms with Crippen molar-refractivity contribution in [1.82, 2.24) is 19.6 Å². The van der Waals surface area contributed by atoms with Gasteiger partial charge in [0.15, 0.2) is 11.6 Å². The lowest BCUT2D eigenvalue weighted by atomic mass is 10.1. The van der Waals surface area contributed by atoms with Crippen LogP contribution in [0.2, 0.25) is 0 Å². The minimum absolute atomic E-state index is 0.0647. The SMILES string of the molecule is CC(N)=NCCc1cc(O)ccc1[18F].CC(N)=NCCc1cc([18F])cc([18F])c1O.CC(N)=NCCc1ccc([18F])cc1.CC(N)=NCCc1cccc([18F])c1.CN(C)C(=O)c1ccccc1Oc1ccc([18F])cc1.CN(C)C(=O)c1ccccc1Oc1ccc([18F])cc1.CN(C)Cc1ccccc1Oc1ccc([18F])cc1.CN(C)Cc1ccccc1Oc1ccc([18F])cc1. The summed E-state index contributed by atoms with van der Waals surface area (Å²) in [5.74, 6) is 2.46. The molecule has 0 atom stereocenters. The van der Waals surface area contributed by atoms with Gasteiger partial charge in [-0.3, -0.25) is 29.6 Å². The van der Waals surface area contributed by atoms with E-state index in [1.54, 1.807) is 147 Å². The molecular formula is C100H111F9N12O8. The minimum Gasteiger partial charge on any atom is -0.508 e. The van der Waals surface area contributed by atoms with Crippen molar-refractivity contribution in [3.8, 4) is 57.5 Å². The molecule has 0 aliphatic carbocycles. The van der Waals surface area contributed by atoms with Crippen molar-refractivity contribution in [3.63, 3.8) is 0 Å². The first-order chi connectivity index (χ1) is 61.4. The van der Waals surface area contributed by atoms with Crippen LogP contribution in [0.4, 0.5) is 39.5 Å². The molecule has 29 heteroatoms. The normalized spacial score (nSPS) is 10.9. The number of hydrogen-bond acceptors (Lipinski definition) is 14. The maximum absolute atomic E-state index is 13.1. The number of ether oxygens (including phenoxy) is 4. The molecule has 20 nitrogen and oxygen atoms in total. The zero-order valence-corrected chi connectivity index (χ0v) is 74.2. The second-order valence-electron chi connectivity index (χ2n) is 29.3. The summed E-state index contributed by atoms with van der Waals surface area (Å²) in [7, 11) is 14.7. The third-order valence-corrected chi connectivity index (χ3v) is 17.1. The van der Waals surface area contributed by atoms with Gasteiger partial charge >= 0.3 is 0 Å². The molecule has 0 fully saturated rings. The summed E-state index contributed by atoms with van der Waals surface area (Å²) in [6.45, 7) is 10.4. The van der Waals surface area contributed by atoms with Crippen LogP contribution in [0, 0.1) is 52.4 Å². The van der Waals surface area contributed by atoms with Crippen molar-refractivity contribution in [2.45, 2.75) is 66.5 Å². The van der Waals surface area contributed by atoms with Crippen molar-refractivity contribution in [2.24, 2.45) is 42.9 Å². The molecule has 0 radical (unpaired) electrons. The Hall–Kier alpha value is -14.5. The molecule has 0 aliphatic rings. The summed E-state index contributed by atoms with van der Waals surface area (Å²) in [6, 6.07) is 71.7. The molecular weight excluding hydrogens is 1660 g/mol. The van der Waals surface area contributed by atoms with Crippen LogP contribution in [-0.4, -0.2) is 148 Å². The fourth-order valence-corrected chi connectivity index (χ4v) is 10.9. The first-order valence-electron chi connectivity index (χ1n) is 40.4. The molecule has 0 aromatic heterocycles. The van der Waals surface area contributed by atoms with E-state index in [0.29, 0.717) is 113 Å². The molecule has 0 unspecified atom stereocenters. The van der Waals surface area contributed by atoms with Gasteiger partial charge in [-0.1, -0.05) is 84.9 Å². The van der Waals surface area contributed by atoms with Gasteiger partial charge in [0.2, 0.25) is 0 Å². The number of rotatable bonds is 26. The predicted molar refractivity (Wildman–Crippen MR) is 495 cm³/mol. The highest BCUT2D eigenvalue weighted by molar-refractivity contribution is 5.97. The number of phenolic OH excluding ortho intramolecular Hbond substituents is 2. The Morgan fingerprint density at radius 1 is 0.302 bits per heavy atom. The average molecular weight is 1770 g/mol. The van der Waals surface area contributed by atoms with Crippen LogP contribution < -0.4 is 41.9 Å². The van der Waals surface area contributed by atoms with Crippen molar-refractivity contribution in [2.75, 3.05) is 82.6 Å². The van der Waals surface area contributed by atoms with Gasteiger partial charge in [0, 0.05) is 90.2 Å². The number of phenols is 2. The van der Waals surface area contributed by atoms with Crippen LogP contribution in [0.15, 0.2) is 293 Å². The fraction of sp³-hybridized carbons (Fsp3) is 0.220. The highest BCUT2D eigenvalue weighted by Gasteiger charge is 2.18. The number of amides is 2. The smallest absolute Gasteiger partial charge is 0.257 e. The van der Waals surface area contributed by atoms with Crippen LogP contribution in [0.3, 0.4) is 0 Å². The molecule has 12 aromatic rings. The van der Waals surface area contributed by atoms with Crippen molar-refractivity contribution in [3.05, 3.63) is 370 Å². The molecule has 0 heterocycles. The Morgan fingerprint density at radius 2 is 0.628 bits per heavy atom. The maximum Gasteiger partial charge on any atom is 0.257 e. The Labute approximate surface area is 748 Å². The standard InChI is InChI=1S/2C15H14FNO2.2C15H16FNO.C10H12F2N2O.C10H13FN2O.2C10H13FN2/c2*1-17(2)15(18)13-5-3-4-6-14(13)19-12-9-7-11(16)8-10-12;2*1-17(2)11-12-5-3-4-6-15(12)18-14-9-7-13(16)8-10-14;1-6(13)14-3-2-7-4-8(11)5-9(12)10(7)15;1-7(12)13-5-4-8-6-9(14)2-3-10(8)11;1-8(12)13-7-6-9-2-4-10(11)5-3-9;1-8(12)13-6-5-9-3-2-4-10(11)7-9/h2*3-10H,1-2H3;2*3-10H,11H2,1-2H3;4-5,15H,2-3H2,1H3,(H2,13,14);2-3,6,14H,4-5H2,1H3,(H2,12,13);2-5H,6-7H2,1H3,(H2,12,13);2-4,7H,5-6H2,1H3,(H2,12,13)/i4*16-1;11-1,12-1;3*11-1. The number of para-hydroxylation sites is 4. The monoisotopic (exact) mass is 1770 g/mol. The minimum atomic E-state index is -0.960. The Morgan fingerprint density at radius 3 is 0.984 bits per heavy atom. The number of carbonyl (C=O) groups excluding carboxylic acids is 2. The number of aromatic hydroxyl groups is 2. The first kappa shape index (κ1) is 105. The predicted octanol–water partition coefficient (Wildman–Crippen LogP) is 20.5. The summed E-state index contributed by atoms with van der Waals surface area (Å²) >= 11 is 0. The van der Waals surface area contributed by atoms with Crippen LogP contribution in [0.5, 0.6) is 57.5 Å². The van der Waals surface area contributed by atoms with Crippen LogP contribution >= 0.6 is 0 Å². The lowest BCUT2D eigenvalue weighted by Gasteiger charge is -2.14. The highest BCUT2D eigenvalue weighted by Crippen LogP contribution is 2.31. The molecule has 2 amide bonds. The van der Waals surface area contributed by atoms with Gasteiger partial charge in [0.05, 0.1) is 34.5 Å². The summed E-state index contributed by atoms with van der Waals surface area (Å²) in [5.41, 5.74) is 27.2. The zero-order valence-electron chi connectivity index (χ0n) is 74.2. The van der Waals surface area contributed by atoms with E-state index in [9.17, 15) is 54.2 Å². The molecule has 12 rings (SSSR count). The molecule has 0 bridgehead atoms. The van der Waals surface area contributed by atoms with E-state index >= 15 is 0 Å². The quantitative estimate of drug-likeness (QED) is 0.0167. The van der Waals surface area contributed by atoms with Crippen molar-refractivity contribution in [1.29, 1.82) is 0 Å². The summed E-state index contributed by atoms with van der Waals surface area (Å²) in [4.78, 5) is 47.0. The lowest BCUT2D eigenvalue weighted by molar-refractivity contribution is 0.0817. The van der Waals surface area contributed by atoms with Gasteiger partial charge in [-0.2, -0.15) is 0 Å². The van der Waals surface area contributed by atoms with Crippen LogP contribution in [0.25, 0.3) is 0 Å². The number of aliphatic imine (C=N–C) groups is 4. The van der Waals surface area contributed by atoms with Gasteiger partial charge < -0.3 is 71.7 Å². The van der Waals surface area contributed by atoms with Crippen LogP contribution in [0.1, 0.15) is 81.8 Å². The molecule has 0 spiro atoms. The second-order valence-corrected chi connectivity index (χ2v) is 29.3. The number of amidine groups is 4. The molecule has 0 aliphatic heterocycles. The average Bonchev–Trinajstić information content (AvgIpc) is 0.840. The molecule has 0 saturated heterocycles. The third kappa shape index (κ3) is 42.4. The Bertz CT molecular complexity index is 5320. The van der Waals surface area contributed by atoms with E-state index in [1.807, 2.05) is 82.8 Å². The molecule has 0 saturated carbocycles. The van der Waals surface area contributed by atoms with Crippen molar-refractivity contribution < 1.29 is 78.3 Å². The van der Waals surface area contributed by atoms with Crippen LogP contribution in [-0.2, 0) is 38.8 Å². The number of hydrogen-bond donors (Lipinski definition) is 6. The number of benzene rings is 12. The van der Waals surface area contributed by atoms with E-state index < -0.39 is 17.4 Å². The van der Waals surface area contributed by atoms with E-state index in [0.717, 1.165) is 65.8 Å². The highest BCUT2D eigenvalue weighted by atomic mass is 18.2. The number of nitrogens with zero attached hydrogens (tertiary/aromatic N) is 8. The van der Waals surface area contributed by atoms with E-state index in [2.05, 4.69) is 29.8 Å². The first-order valence-corrected chi connectivity index (χ1v) is 40.4. The Kier molecular flexibility index (Phi) is 46.0. The van der Waals surface area contributed by atoms with E-state index in [1.165, 1.54) is 125 Å². The van der Waals surface area contributed by atoms with E-state index in [4.69, 9.17) is 47.0 Å². The Balaban J connectivity index is 0.000000262. The van der Waals surface area contributed by atoms with Gasteiger partial charge in [-0.15, -0.1) is 0 Å². The fourth-order valence-electron chi connectivity index (χ4n) is 10.9. The summed E-state index contributed by atoms with van der Waals surface area (Å²) in [6.07, 6.45) is 2.21. The van der Waals surface area contributed by atoms with Gasteiger partial charge in [0.1, 0.15) is 98.3 Å². The number of halogens is 9. The summed E-state index contributed by atoms with van der Waals surface area (Å²) < 4.78 is 138. The molecule has 129 heavy (non-hydrogen) atoms.